The molecule has 84 heavy (non-hydrogen) atoms. The zero-order chi connectivity index (χ0) is 61.2. The predicted octanol–water partition coefficient (Wildman–Crippen LogP) is 18.2. The minimum atomic E-state index is -1.36. The third kappa shape index (κ3) is 21.8. The van der Waals surface area contributed by atoms with Crippen molar-refractivity contribution >= 4 is 34.3 Å². The molecule has 0 unspecified atom stereocenters. The molecule has 2 aromatic heterocycles. The van der Waals surface area contributed by atoms with Crippen LogP contribution >= 0.6 is 0 Å². The van der Waals surface area contributed by atoms with E-state index in [0.717, 1.165) is 51.4 Å². The summed E-state index contributed by atoms with van der Waals surface area (Å²) in [5.74, 6) is -0.205. The molecule has 2 aromatic carbocycles. The molecule has 0 aliphatic carbocycles. The first-order chi connectivity index (χ1) is 39.7. The number of carbonyl (C=O) groups is 2. The largest absolute Gasteiger partial charge is 0.444 e. The Kier molecular flexibility index (Phi) is 26.2. The summed E-state index contributed by atoms with van der Waals surface area (Å²) < 4.78 is 60.7. The zero-order valence-corrected chi connectivity index (χ0v) is 54.0. The fourth-order valence-corrected chi connectivity index (χ4v) is 11.9. The third-order valence-electron chi connectivity index (χ3n) is 16.5. The molecule has 474 valence electrons. The lowest BCUT2D eigenvalue weighted by atomic mass is 9.89. The normalized spacial score (nSPS) is 17.1. The number of halogens is 2. The van der Waals surface area contributed by atoms with Gasteiger partial charge in [-0.2, -0.15) is 0 Å². The molecule has 14 nitrogen and oxygen atoms in total. The van der Waals surface area contributed by atoms with Crippen molar-refractivity contribution in [3.8, 4) is 0 Å². The Morgan fingerprint density at radius 1 is 0.512 bits per heavy atom. The number of benzene rings is 2. The molecule has 0 spiro atoms. The Labute approximate surface area is 503 Å². The quantitative estimate of drug-likeness (QED) is 0.0441. The Morgan fingerprint density at radius 2 is 0.833 bits per heavy atom. The van der Waals surface area contributed by atoms with E-state index in [0.29, 0.717) is 83.7 Å². The van der Waals surface area contributed by atoms with Crippen LogP contribution in [-0.4, -0.2) is 88.8 Å². The number of rotatable bonds is 33. The fourth-order valence-electron chi connectivity index (χ4n) is 11.9. The lowest BCUT2D eigenvalue weighted by molar-refractivity contribution is 0.0193. The maximum Gasteiger partial charge on any atom is 0.410 e. The minimum Gasteiger partial charge on any atom is -0.444 e. The monoisotopic (exact) mass is 1180 g/mol. The maximum absolute atomic E-state index is 16.4. The molecule has 4 heterocycles. The van der Waals surface area contributed by atoms with Gasteiger partial charge in [0.05, 0.1) is 46.4 Å². The molecule has 0 bridgehead atoms. The Morgan fingerprint density at radius 3 is 1.15 bits per heavy atom. The number of amides is 2. The molecule has 4 atom stereocenters. The van der Waals surface area contributed by atoms with Gasteiger partial charge in [0.15, 0.2) is 0 Å². The van der Waals surface area contributed by atoms with Crippen LogP contribution < -0.4 is 0 Å². The van der Waals surface area contributed by atoms with E-state index in [9.17, 15) is 19.8 Å². The van der Waals surface area contributed by atoms with Gasteiger partial charge in [-0.1, -0.05) is 144 Å². The second-order valence-corrected chi connectivity index (χ2v) is 28.9. The molecule has 2 saturated heterocycles. The summed E-state index contributed by atoms with van der Waals surface area (Å²) in [5, 5.41) is 23.3. The molecular formula is C68H110F2N6O8. The highest BCUT2D eigenvalue weighted by Crippen LogP contribution is 2.39. The fraction of sp³-hybridized carbons (Fsp3) is 0.765. The number of carbonyl (C=O) groups excluding carboxylic acids is 2. The van der Waals surface area contributed by atoms with E-state index in [4.69, 9.17) is 28.9 Å². The van der Waals surface area contributed by atoms with Crippen molar-refractivity contribution in [1.29, 1.82) is 0 Å². The van der Waals surface area contributed by atoms with Crippen LogP contribution in [0.2, 0.25) is 0 Å². The van der Waals surface area contributed by atoms with E-state index < -0.39 is 59.3 Å². The molecule has 2 amide bonds. The number of likely N-dealkylation sites (tertiary alicyclic amines) is 2. The Bertz CT molecular complexity index is 2480. The van der Waals surface area contributed by atoms with Crippen LogP contribution in [0.15, 0.2) is 24.3 Å². The number of hydrogen-bond acceptors (Lipinski definition) is 10. The second-order valence-electron chi connectivity index (χ2n) is 28.9. The summed E-state index contributed by atoms with van der Waals surface area (Å²) in [6, 6.07) is 4.91. The number of unbranched alkanes of at least 4 members (excludes halogenated alkanes) is 16. The van der Waals surface area contributed by atoms with Gasteiger partial charge >= 0.3 is 12.2 Å². The van der Waals surface area contributed by atoms with Gasteiger partial charge in [0.1, 0.15) is 47.9 Å². The number of aliphatic hydroxyl groups is 2. The van der Waals surface area contributed by atoms with Gasteiger partial charge < -0.3 is 38.3 Å². The van der Waals surface area contributed by atoms with E-state index in [1.807, 2.05) is 50.7 Å². The van der Waals surface area contributed by atoms with E-state index >= 15 is 8.78 Å². The number of ether oxygens (including phenoxy) is 4. The van der Waals surface area contributed by atoms with Crippen molar-refractivity contribution in [2.75, 3.05) is 26.3 Å². The molecule has 4 aromatic rings. The van der Waals surface area contributed by atoms with Gasteiger partial charge in [0, 0.05) is 49.6 Å². The van der Waals surface area contributed by atoms with Gasteiger partial charge in [-0.15, -0.1) is 0 Å². The summed E-state index contributed by atoms with van der Waals surface area (Å²) >= 11 is 0. The lowest BCUT2D eigenvalue weighted by Gasteiger charge is -2.28. The van der Waals surface area contributed by atoms with Crippen LogP contribution in [0.5, 0.6) is 0 Å². The maximum atomic E-state index is 16.4. The summed E-state index contributed by atoms with van der Waals surface area (Å²) in [4.78, 5) is 40.5. The summed E-state index contributed by atoms with van der Waals surface area (Å²) in [6.07, 6.45) is 22.9. The molecule has 2 N–H and O–H groups in total. The number of fused-ring (bicyclic) bond motifs is 2. The topological polar surface area (TPSA) is 154 Å². The second kappa shape index (κ2) is 32.0. The molecule has 6 rings (SSSR count). The number of hydrogen-bond donors (Lipinski definition) is 2. The van der Waals surface area contributed by atoms with Crippen LogP contribution in [0.4, 0.5) is 18.4 Å². The number of imidazole rings is 2. The van der Waals surface area contributed by atoms with Crippen LogP contribution in [-0.2, 0) is 32.4 Å². The molecule has 0 radical (unpaired) electrons. The summed E-state index contributed by atoms with van der Waals surface area (Å²) in [6.45, 7) is 27.1. The van der Waals surface area contributed by atoms with Gasteiger partial charge in [-0.25, -0.2) is 28.3 Å². The number of aliphatic hydroxyl groups excluding tert-OH is 2. The van der Waals surface area contributed by atoms with Crippen molar-refractivity contribution in [3.05, 3.63) is 58.7 Å². The van der Waals surface area contributed by atoms with Gasteiger partial charge in [0.2, 0.25) is 0 Å². The van der Waals surface area contributed by atoms with Crippen molar-refractivity contribution in [2.24, 2.45) is 10.8 Å². The molecule has 2 fully saturated rings. The van der Waals surface area contributed by atoms with Crippen molar-refractivity contribution < 1.29 is 47.5 Å². The lowest BCUT2D eigenvalue weighted by Crippen LogP contribution is -2.37. The van der Waals surface area contributed by atoms with Gasteiger partial charge in [-0.3, -0.25) is 9.80 Å². The number of aromatic nitrogens is 4. The highest BCUT2D eigenvalue weighted by Gasteiger charge is 2.39. The van der Waals surface area contributed by atoms with Gasteiger partial charge in [-0.05, 0) is 129 Å². The molecule has 16 heteroatoms. The van der Waals surface area contributed by atoms with Crippen LogP contribution in [0, 0.1) is 22.5 Å². The summed E-state index contributed by atoms with van der Waals surface area (Å²) in [7, 11) is 0. The zero-order valence-electron chi connectivity index (χ0n) is 54.0. The van der Waals surface area contributed by atoms with E-state index in [-0.39, 0.29) is 37.4 Å². The number of nitrogens with zero attached hydrogens (tertiary/aromatic N) is 6. The van der Waals surface area contributed by atoms with Crippen molar-refractivity contribution in [1.82, 2.24) is 28.9 Å². The van der Waals surface area contributed by atoms with Crippen molar-refractivity contribution in [2.45, 2.75) is 299 Å². The predicted molar refractivity (Wildman–Crippen MR) is 332 cm³/mol. The Hall–Kier alpha value is -4.38. The first-order valence-corrected chi connectivity index (χ1v) is 32.6. The molecule has 0 saturated carbocycles. The third-order valence-corrected chi connectivity index (χ3v) is 16.5. The molecular weight excluding hydrogens is 1070 g/mol. The van der Waals surface area contributed by atoms with Crippen LogP contribution in [0.1, 0.15) is 297 Å². The average Bonchev–Trinajstić information content (AvgIpc) is 1.94. The minimum absolute atomic E-state index is 0.00459. The first kappa shape index (κ1) is 68.7. The van der Waals surface area contributed by atoms with E-state index in [1.165, 1.54) is 114 Å². The van der Waals surface area contributed by atoms with E-state index in [1.54, 1.807) is 9.80 Å². The molecule has 2 aliphatic rings. The van der Waals surface area contributed by atoms with Crippen LogP contribution in [0.25, 0.3) is 22.1 Å². The van der Waals surface area contributed by atoms with E-state index in [2.05, 4.69) is 41.5 Å². The highest BCUT2D eigenvalue weighted by atomic mass is 19.1. The van der Waals surface area contributed by atoms with Gasteiger partial charge in [0.25, 0.3) is 0 Å². The van der Waals surface area contributed by atoms with Crippen molar-refractivity contribution in [3.63, 3.8) is 0 Å². The highest BCUT2D eigenvalue weighted by molar-refractivity contribution is 5.79. The molecule has 2 aliphatic heterocycles. The first-order valence-electron chi connectivity index (χ1n) is 32.6. The van der Waals surface area contributed by atoms with Crippen LogP contribution in [0.3, 0.4) is 0 Å². The summed E-state index contributed by atoms with van der Waals surface area (Å²) in [5.41, 5.74) is 1.21. The SMILES string of the molecule is CC(C)(C)CCCCCCCCCCCOCn1c([C@@H]2CCCN2C(=O)OC(C)(C)C)nc2cc([C@@H](O)CC[C@H](O)c3cc4nc([C@@H]5CCCN5C(=O)OC(C)(C)C)n(COCCCCCCCCCCCC(C)(C)C)c4cc3F)c(F)cc21. The standard InChI is InChI=1S/C68H110F2N6O8/c1-65(2,3)37-27-23-19-15-13-17-21-25-29-41-81-47-75-57-45-51(69)49(43-53(57)71-61(75)55-33-31-39-73(55)63(79)83-67(7,8)9)59(77)35-36-60(78)50-44-54-58(46-52(50)70)76(62(72-54)56-34-32-40-74(56)64(80)84-68(10,11)12)48-82-42-30-26-22-18-14-16-20-24-28-38-66(4,5)6/h43-46,55-56,59-60,77-78H,13-42,47-48H2,1-12H3/t55-,56-,59-,60-/m0/s1. The Balaban J connectivity index is 1.11. The average molecular weight is 1180 g/mol. The smallest absolute Gasteiger partial charge is 0.410 e.